The number of carbonyl (C=O) groups excluding carboxylic acids is 1. The normalized spacial score (nSPS) is 12.1. The number of benzene rings is 1. The number of hydrogen-bond acceptors (Lipinski definition) is 1. The topological polar surface area (TPSA) is 29.1 Å². The van der Waals surface area contributed by atoms with Crippen molar-refractivity contribution in [3.63, 3.8) is 0 Å². The van der Waals surface area contributed by atoms with Gasteiger partial charge in [0.2, 0.25) is 6.41 Å². The number of amides is 1. The molecule has 0 saturated carbocycles. The molecular formula is C11H15NO. The maximum Gasteiger partial charge on any atom is 0.207 e. The first-order valence-electron chi connectivity index (χ1n) is 4.60. The first-order valence-corrected chi connectivity index (χ1v) is 4.60. The van der Waals surface area contributed by atoms with Crippen LogP contribution in [-0.4, -0.2) is 13.0 Å². The molecule has 1 aromatic rings. The first-order chi connectivity index (χ1) is 6.38. The van der Waals surface area contributed by atoms with Gasteiger partial charge in [-0.05, 0) is 12.0 Å². The fourth-order valence-corrected chi connectivity index (χ4v) is 1.41. The van der Waals surface area contributed by atoms with Crippen molar-refractivity contribution in [2.45, 2.75) is 19.3 Å². The quantitative estimate of drug-likeness (QED) is 0.684. The molecule has 1 rings (SSSR count). The highest BCUT2D eigenvalue weighted by molar-refractivity contribution is 5.46. The smallest absolute Gasteiger partial charge is 0.207 e. The van der Waals surface area contributed by atoms with Crippen LogP contribution in [0.2, 0.25) is 0 Å². The van der Waals surface area contributed by atoms with E-state index >= 15 is 0 Å². The summed E-state index contributed by atoms with van der Waals surface area (Å²) in [5, 5.41) is 2.72. The van der Waals surface area contributed by atoms with Crippen LogP contribution in [0.5, 0.6) is 0 Å². The van der Waals surface area contributed by atoms with Gasteiger partial charge in [-0.15, -0.1) is 0 Å². The molecule has 0 aromatic heterocycles. The minimum absolute atomic E-state index is 0.436. The highest BCUT2D eigenvalue weighted by atomic mass is 16.1. The molecule has 0 spiro atoms. The van der Waals surface area contributed by atoms with Crippen LogP contribution in [0.1, 0.15) is 24.8 Å². The van der Waals surface area contributed by atoms with Gasteiger partial charge < -0.3 is 5.32 Å². The van der Waals surface area contributed by atoms with Crippen molar-refractivity contribution >= 4 is 6.41 Å². The molecule has 0 bridgehead atoms. The first kappa shape index (κ1) is 9.78. The summed E-state index contributed by atoms with van der Waals surface area (Å²) in [6, 6.07) is 10.3. The highest BCUT2D eigenvalue weighted by Gasteiger charge is 2.06. The lowest BCUT2D eigenvalue weighted by atomic mass is 9.97. The molecule has 0 aliphatic rings. The van der Waals surface area contributed by atoms with Gasteiger partial charge in [0, 0.05) is 12.5 Å². The van der Waals surface area contributed by atoms with Crippen LogP contribution in [-0.2, 0) is 4.79 Å². The van der Waals surface area contributed by atoms with Crippen molar-refractivity contribution in [3.8, 4) is 0 Å². The van der Waals surface area contributed by atoms with Crippen molar-refractivity contribution in [1.29, 1.82) is 0 Å². The van der Waals surface area contributed by atoms with Crippen LogP contribution in [0, 0.1) is 0 Å². The Morgan fingerprint density at radius 3 is 2.62 bits per heavy atom. The average molecular weight is 177 g/mol. The Bertz CT molecular complexity index is 246. The van der Waals surface area contributed by atoms with Crippen LogP contribution in [0.3, 0.4) is 0 Å². The maximum atomic E-state index is 10.1. The Hall–Kier alpha value is -1.31. The second-order valence-corrected chi connectivity index (χ2v) is 3.04. The standard InChI is InChI=1S/C11H15NO/c1-2-10(8-12-9-13)11-6-4-3-5-7-11/h3-7,9-10H,2,8H2,1H3,(H,12,13)/t10-/m0/s1. The second kappa shape index (κ2) is 5.36. The Kier molecular flexibility index (Phi) is 4.03. The predicted octanol–water partition coefficient (Wildman–Crippen LogP) is 1.93. The van der Waals surface area contributed by atoms with Gasteiger partial charge in [-0.25, -0.2) is 0 Å². The van der Waals surface area contributed by atoms with E-state index in [1.54, 1.807) is 0 Å². The Morgan fingerprint density at radius 1 is 1.38 bits per heavy atom. The molecule has 1 aromatic carbocycles. The lowest BCUT2D eigenvalue weighted by Gasteiger charge is -2.13. The zero-order valence-corrected chi connectivity index (χ0v) is 7.86. The van der Waals surface area contributed by atoms with E-state index in [0.717, 1.165) is 19.4 Å². The van der Waals surface area contributed by atoms with E-state index < -0.39 is 0 Å². The molecule has 2 heteroatoms. The summed E-state index contributed by atoms with van der Waals surface area (Å²) in [6.07, 6.45) is 1.80. The van der Waals surface area contributed by atoms with Crippen LogP contribution in [0.25, 0.3) is 0 Å². The van der Waals surface area contributed by atoms with Crippen molar-refractivity contribution in [3.05, 3.63) is 35.9 Å². The Balaban J connectivity index is 2.61. The minimum Gasteiger partial charge on any atom is -0.358 e. The van der Waals surface area contributed by atoms with E-state index in [1.807, 2.05) is 18.2 Å². The fourth-order valence-electron chi connectivity index (χ4n) is 1.41. The molecule has 1 N–H and O–H groups in total. The van der Waals surface area contributed by atoms with Gasteiger partial charge >= 0.3 is 0 Å². The zero-order chi connectivity index (χ0) is 9.52. The molecular weight excluding hydrogens is 162 g/mol. The lowest BCUT2D eigenvalue weighted by Crippen LogP contribution is -2.19. The van der Waals surface area contributed by atoms with Crippen LogP contribution in [0.15, 0.2) is 30.3 Å². The van der Waals surface area contributed by atoms with E-state index in [9.17, 15) is 4.79 Å². The molecule has 13 heavy (non-hydrogen) atoms. The zero-order valence-electron chi connectivity index (χ0n) is 7.86. The molecule has 0 saturated heterocycles. The van der Waals surface area contributed by atoms with Crippen LogP contribution < -0.4 is 5.32 Å². The molecule has 0 aliphatic heterocycles. The number of nitrogens with one attached hydrogen (secondary N) is 1. The van der Waals surface area contributed by atoms with Crippen LogP contribution in [0.4, 0.5) is 0 Å². The average Bonchev–Trinajstić information content (AvgIpc) is 2.21. The van der Waals surface area contributed by atoms with Gasteiger partial charge in [0.15, 0.2) is 0 Å². The Morgan fingerprint density at radius 2 is 2.08 bits per heavy atom. The largest absolute Gasteiger partial charge is 0.358 e. The third-order valence-electron chi connectivity index (χ3n) is 2.21. The summed E-state index contributed by atoms with van der Waals surface area (Å²) in [4.78, 5) is 10.1. The van der Waals surface area contributed by atoms with E-state index in [1.165, 1.54) is 5.56 Å². The highest BCUT2D eigenvalue weighted by Crippen LogP contribution is 2.17. The molecule has 0 radical (unpaired) electrons. The van der Waals surface area contributed by atoms with E-state index in [4.69, 9.17) is 0 Å². The van der Waals surface area contributed by atoms with Gasteiger partial charge in [-0.3, -0.25) is 4.79 Å². The lowest BCUT2D eigenvalue weighted by molar-refractivity contribution is -0.109. The molecule has 1 amide bonds. The summed E-state index contributed by atoms with van der Waals surface area (Å²) in [5.41, 5.74) is 1.29. The fraction of sp³-hybridized carbons (Fsp3) is 0.364. The van der Waals surface area contributed by atoms with Gasteiger partial charge in [0.05, 0.1) is 0 Å². The van der Waals surface area contributed by atoms with Crippen LogP contribution >= 0.6 is 0 Å². The summed E-state index contributed by atoms with van der Waals surface area (Å²) < 4.78 is 0. The molecule has 0 fully saturated rings. The third-order valence-corrected chi connectivity index (χ3v) is 2.21. The monoisotopic (exact) mass is 177 g/mol. The summed E-state index contributed by atoms with van der Waals surface area (Å²) in [6.45, 7) is 2.86. The Labute approximate surface area is 79.0 Å². The molecule has 1 atom stereocenters. The number of hydrogen-bond donors (Lipinski definition) is 1. The van der Waals surface area contributed by atoms with E-state index in [-0.39, 0.29) is 0 Å². The van der Waals surface area contributed by atoms with E-state index in [2.05, 4.69) is 24.4 Å². The van der Waals surface area contributed by atoms with Gasteiger partial charge in [0.1, 0.15) is 0 Å². The number of rotatable bonds is 5. The summed E-state index contributed by atoms with van der Waals surface area (Å²) in [7, 11) is 0. The summed E-state index contributed by atoms with van der Waals surface area (Å²) >= 11 is 0. The minimum atomic E-state index is 0.436. The molecule has 70 valence electrons. The van der Waals surface area contributed by atoms with Crippen molar-refractivity contribution in [2.75, 3.05) is 6.54 Å². The predicted molar refractivity (Wildman–Crippen MR) is 53.5 cm³/mol. The summed E-state index contributed by atoms with van der Waals surface area (Å²) in [5.74, 6) is 0.436. The van der Waals surface area contributed by atoms with Crippen molar-refractivity contribution < 1.29 is 4.79 Å². The van der Waals surface area contributed by atoms with Crippen molar-refractivity contribution in [2.24, 2.45) is 0 Å². The maximum absolute atomic E-state index is 10.1. The van der Waals surface area contributed by atoms with Gasteiger partial charge in [-0.2, -0.15) is 0 Å². The van der Waals surface area contributed by atoms with Gasteiger partial charge in [0.25, 0.3) is 0 Å². The molecule has 0 heterocycles. The van der Waals surface area contributed by atoms with E-state index in [0.29, 0.717) is 5.92 Å². The van der Waals surface area contributed by atoms with Gasteiger partial charge in [-0.1, -0.05) is 37.3 Å². The second-order valence-electron chi connectivity index (χ2n) is 3.04. The molecule has 0 aliphatic carbocycles. The van der Waals surface area contributed by atoms with Crippen molar-refractivity contribution in [1.82, 2.24) is 5.32 Å². The number of carbonyl (C=O) groups is 1. The molecule has 0 unspecified atom stereocenters. The molecule has 2 nitrogen and oxygen atoms in total. The SMILES string of the molecule is CC[C@@H](CNC=O)c1ccccc1. The third kappa shape index (κ3) is 2.90.